The molecule has 0 aromatic rings. The molecule has 2 N–H and O–H groups in total. The second-order valence-corrected chi connectivity index (χ2v) is 12.5. The van der Waals surface area contributed by atoms with Gasteiger partial charge < -0.3 is 9.94 Å². The third-order valence-electron chi connectivity index (χ3n) is 8.13. The Kier molecular flexibility index (Phi) is 61.8. The lowest BCUT2D eigenvalue weighted by atomic mass is 10.1. The molecule has 0 heterocycles. The van der Waals surface area contributed by atoms with Crippen molar-refractivity contribution in [1.29, 1.82) is 0 Å². The monoisotopic (exact) mass is 922 g/mol. The van der Waals surface area contributed by atoms with E-state index in [-0.39, 0.29) is 5.91 Å². The van der Waals surface area contributed by atoms with E-state index in [0.29, 0.717) is 12.8 Å². The normalized spacial score (nSPS) is 10.6. The van der Waals surface area contributed by atoms with E-state index in [2.05, 4.69) is 85.7 Å². The number of carbonyl (C=O) groups is 2. The van der Waals surface area contributed by atoms with Crippen LogP contribution in [0.5, 0.6) is 0 Å². The molecule has 0 atom stereocenters. The Hall–Kier alpha value is -0.240. The summed E-state index contributed by atoms with van der Waals surface area (Å²) >= 11 is 4.24. The predicted molar refractivity (Wildman–Crippen MR) is 230 cm³/mol. The third kappa shape index (κ3) is 60.2. The zero-order valence-electron chi connectivity index (χ0n) is 32.9. The molecule has 49 heavy (non-hydrogen) atoms. The van der Waals surface area contributed by atoms with Crippen LogP contribution in [-0.2, 0) is 19.3 Å². The number of hydrogen-bond acceptors (Lipinski definition) is 5. The number of amides is 1. The van der Waals surface area contributed by atoms with Crippen LogP contribution >= 0.6 is 37.2 Å². The topological polar surface area (TPSA) is 88.1 Å². The summed E-state index contributed by atoms with van der Waals surface area (Å²) in [6.45, 7) is 4.52. The van der Waals surface area contributed by atoms with Crippen molar-refractivity contribution in [3.05, 3.63) is 24.3 Å². The first kappa shape index (κ1) is 55.5. The molecule has 7 nitrogen and oxygen atoms in total. The largest absolute Gasteiger partial charge is 0.481 e. The van der Waals surface area contributed by atoms with E-state index in [4.69, 9.17) is 9.94 Å². The number of rotatable bonds is 32. The van der Waals surface area contributed by atoms with Crippen LogP contribution in [0.4, 0.5) is 0 Å². The van der Waals surface area contributed by atoms with Crippen molar-refractivity contribution in [2.75, 3.05) is 28.3 Å². The number of hydroxylamine groups is 3. The van der Waals surface area contributed by atoms with Crippen LogP contribution in [0.2, 0.25) is 0 Å². The molecule has 1 amide bonds. The molecule has 0 rings (SSSR count). The van der Waals surface area contributed by atoms with Gasteiger partial charge in [-0.3, -0.25) is 14.4 Å². The van der Waals surface area contributed by atoms with E-state index in [9.17, 15) is 9.59 Å². The van der Waals surface area contributed by atoms with E-state index >= 15 is 0 Å². The van der Waals surface area contributed by atoms with Gasteiger partial charge in [0.15, 0.2) is 0 Å². The summed E-state index contributed by atoms with van der Waals surface area (Å²) in [5.41, 5.74) is 2.43. The molecule has 9 heteroatoms. The number of unbranched alkanes of at least 4 members (excludes halogenated alkanes) is 22. The quantitative estimate of drug-likeness (QED) is 0.0302. The van der Waals surface area contributed by atoms with Gasteiger partial charge in [-0.15, -0.1) is 0 Å². The number of halogens is 2. The number of aliphatic carboxylic acids is 1. The Morgan fingerprint density at radius 3 is 1.14 bits per heavy atom. The molecule has 0 aromatic heterocycles. The molecule has 0 saturated heterocycles. The zero-order valence-corrected chi connectivity index (χ0v) is 37.2. The minimum Gasteiger partial charge on any atom is -0.481 e. The number of nitrogens with one attached hydrogen (secondary N) is 1. The fourth-order valence-electron chi connectivity index (χ4n) is 4.95. The number of nitrogens with zero attached hydrogens (tertiary/aromatic N) is 1. The molecule has 0 bridgehead atoms. The van der Waals surface area contributed by atoms with Crippen molar-refractivity contribution in [3.8, 4) is 0 Å². The highest BCUT2D eigenvalue weighted by Gasteiger charge is 2.06. The first-order valence-electron chi connectivity index (χ1n) is 19.6. The number of carbonyl (C=O) groups excluding carboxylic acids is 1. The van der Waals surface area contributed by atoms with Gasteiger partial charge in [0.25, 0.3) is 0 Å². The first-order valence-corrected chi connectivity index (χ1v) is 25.9. The van der Waals surface area contributed by atoms with Gasteiger partial charge in [0.1, 0.15) is 0 Å². The van der Waals surface area contributed by atoms with E-state index in [1.165, 1.54) is 153 Å². The predicted octanol–water partition coefficient (Wildman–Crippen LogP) is 13.7. The summed E-state index contributed by atoms with van der Waals surface area (Å²) in [6.07, 6.45) is 43.2. The van der Waals surface area contributed by atoms with Gasteiger partial charge in [-0.1, -0.05) is 141 Å². The second-order valence-electron chi connectivity index (χ2n) is 12.5. The molecule has 0 fully saturated rings. The average molecular weight is 923 g/mol. The highest BCUT2D eigenvalue weighted by atomic mass is 128. The van der Waals surface area contributed by atoms with Gasteiger partial charge >= 0.3 is 5.97 Å². The van der Waals surface area contributed by atoms with E-state index < -0.39 is 5.97 Å². The maximum Gasteiger partial charge on any atom is 0.303 e. The van der Waals surface area contributed by atoms with E-state index in [0.717, 1.165) is 25.7 Å². The molecular formula is C40H80I2N2O5. The van der Waals surface area contributed by atoms with Crippen molar-refractivity contribution in [2.45, 2.75) is 194 Å². The molecule has 0 spiro atoms. The van der Waals surface area contributed by atoms with Crippen LogP contribution in [0.1, 0.15) is 194 Å². The summed E-state index contributed by atoms with van der Waals surface area (Å²) < 4.78 is 0. The zero-order chi connectivity index (χ0) is 37.5. The van der Waals surface area contributed by atoms with Crippen LogP contribution in [-0.4, -0.2) is 50.4 Å². The lowest BCUT2D eigenvalue weighted by Crippen LogP contribution is -2.24. The van der Waals surface area contributed by atoms with E-state index in [1.54, 1.807) is 21.2 Å². The Morgan fingerprint density at radius 2 is 0.857 bits per heavy atom. The highest BCUT2D eigenvalue weighted by molar-refractivity contribution is 15.0. The third-order valence-corrected chi connectivity index (χ3v) is 8.13. The lowest BCUT2D eigenvalue weighted by molar-refractivity contribution is -0.168. The average Bonchev–Trinajstić information content (AvgIpc) is 3.12. The van der Waals surface area contributed by atoms with Gasteiger partial charge in [0.05, 0.1) is 14.2 Å². The Balaban J connectivity index is -0.000000358. The fourth-order valence-corrected chi connectivity index (χ4v) is 4.95. The number of hydrogen-bond donors (Lipinski definition) is 2. The Morgan fingerprint density at radius 1 is 0.571 bits per heavy atom. The molecule has 0 saturated carbocycles. The standard InChI is InChI=1S/C20H39NO2.C18H34O2.C2H7NO.I2/c1-4-5-6-7-8-9-10-11-12-13-14-15-16-17-18-19-20(22)21(2)23-3;1-2-3-4-5-6-7-8-9-10-11-12-13-14-15-16-17-18(19)20;1-3-4-2;1-2/h11-12H,4-10,13-19H2,1-3H3;9-10H,2-8,11-17H2,1H3,(H,19,20);3H,1-2H3;/b12-11-;10-9-;;. The first-order chi connectivity index (χ1) is 23.9. The van der Waals surface area contributed by atoms with Crippen LogP contribution in [0, 0.1) is 0 Å². The molecule has 0 aliphatic rings. The van der Waals surface area contributed by atoms with Crippen molar-refractivity contribution < 1.29 is 24.4 Å². The van der Waals surface area contributed by atoms with Gasteiger partial charge in [0.2, 0.25) is 5.91 Å². The number of carboxylic acid groups (broad SMARTS) is 1. The van der Waals surface area contributed by atoms with Gasteiger partial charge in [-0.2, -0.15) is 0 Å². The lowest BCUT2D eigenvalue weighted by Gasteiger charge is -2.12. The minimum absolute atomic E-state index is 0.0742. The van der Waals surface area contributed by atoms with Gasteiger partial charge in [0, 0.05) is 64.2 Å². The fraction of sp³-hybridized carbons (Fsp3) is 0.850. The van der Waals surface area contributed by atoms with Crippen molar-refractivity contribution in [2.24, 2.45) is 0 Å². The summed E-state index contributed by atoms with van der Waals surface area (Å²) in [5.74, 6) is -0.590. The Bertz CT molecular complexity index is 679. The van der Waals surface area contributed by atoms with Crippen LogP contribution in [0.15, 0.2) is 24.3 Å². The smallest absolute Gasteiger partial charge is 0.303 e. The summed E-state index contributed by atoms with van der Waals surface area (Å²) in [4.78, 5) is 31.0. The second kappa shape index (κ2) is 54.5. The molecule has 0 radical (unpaired) electrons. The highest BCUT2D eigenvalue weighted by Crippen LogP contribution is 2.12. The maximum atomic E-state index is 11.5. The maximum absolute atomic E-state index is 11.5. The number of allylic oxidation sites excluding steroid dienone is 4. The van der Waals surface area contributed by atoms with Crippen LogP contribution < -0.4 is 5.48 Å². The molecular weight excluding hydrogens is 842 g/mol. The van der Waals surface area contributed by atoms with Gasteiger partial charge in [-0.05, 0) is 64.2 Å². The summed E-state index contributed by atoms with van der Waals surface area (Å²) in [7, 11) is 6.47. The molecule has 0 aliphatic carbocycles. The Labute approximate surface area is 328 Å². The molecule has 0 aromatic carbocycles. The van der Waals surface area contributed by atoms with Crippen LogP contribution in [0.25, 0.3) is 0 Å². The molecule has 0 aliphatic heterocycles. The van der Waals surface area contributed by atoms with Crippen LogP contribution in [0.3, 0.4) is 0 Å². The van der Waals surface area contributed by atoms with Gasteiger partial charge in [-0.25, -0.2) is 10.5 Å². The van der Waals surface area contributed by atoms with Crippen molar-refractivity contribution in [1.82, 2.24) is 10.5 Å². The molecule has 0 unspecified atom stereocenters. The minimum atomic E-state index is -0.664. The van der Waals surface area contributed by atoms with Crippen molar-refractivity contribution in [3.63, 3.8) is 0 Å². The SMILES string of the molecule is CCCCCCCC/C=C\CCCCCCCC(=O)N(C)OC.CCCCCCCC/C=C\CCCCCCCC(=O)O.CNOC.II. The van der Waals surface area contributed by atoms with Crippen molar-refractivity contribution >= 4 is 49.1 Å². The molecule has 294 valence electrons. The summed E-state index contributed by atoms with van der Waals surface area (Å²) in [6, 6.07) is 0. The van der Waals surface area contributed by atoms with E-state index in [1.807, 2.05) is 0 Å². The summed E-state index contributed by atoms with van der Waals surface area (Å²) in [5, 5.41) is 9.82. The number of carboxylic acids is 1.